The molecule has 3 aromatic rings. The predicted molar refractivity (Wildman–Crippen MR) is 118 cm³/mol. The van der Waals surface area contributed by atoms with Crippen LogP contribution in [0, 0.1) is 11.6 Å². The van der Waals surface area contributed by atoms with E-state index < -0.39 is 5.82 Å². The van der Waals surface area contributed by atoms with Crippen molar-refractivity contribution >= 4 is 23.5 Å². The molecule has 1 N–H and O–H groups in total. The fourth-order valence-corrected chi connectivity index (χ4v) is 4.27. The Morgan fingerprint density at radius 2 is 1.91 bits per heavy atom. The average Bonchev–Trinajstić information content (AvgIpc) is 3.52. The highest BCUT2D eigenvalue weighted by atomic mass is 32.2. The number of hydrogen-bond donors (Lipinski definition) is 1. The SMILES string of the molecule is CC(=O)NCCc1ccc(C(=O)CSc2nnc(-c3ccccc3F)n2C2CC2)cc1F. The van der Waals surface area contributed by atoms with E-state index in [0.29, 0.717) is 35.1 Å². The second-order valence-electron chi connectivity index (χ2n) is 7.64. The Morgan fingerprint density at radius 3 is 2.59 bits per heavy atom. The van der Waals surface area contributed by atoms with Crippen molar-refractivity contribution < 1.29 is 18.4 Å². The highest BCUT2D eigenvalue weighted by Gasteiger charge is 2.31. The number of amides is 1. The number of Topliss-reactive ketones (excluding diaryl/α,β-unsaturated/α-hetero) is 1. The summed E-state index contributed by atoms with van der Waals surface area (Å²) in [6, 6.07) is 11.0. The first kappa shape index (κ1) is 22.1. The van der Waals surface area contributed by atoms with Crippen molar-refractivity contribution in [3.63, 3.8) is 0 Å². The summed E-state index contributed by atoms with van der Waals surface area (Å²) >= 11 is 1.21. The summed E-state index contributed by atoms with van der Waals surface area (Å²) in [5.41, 5.74) is 1.08. The molecule has 0 spiro atoms. The Kier molecular flexibility index (Phi) is 6.64. The second-order valence-corrected chi connectivity index (χ2v) is 8.58. The van der Waals surface area contributed by atoms with Crippen molar-refractivity contribution in [1.29, 1.82) is 0 Å². The molecule has 0 radical (unpaired) electrons. The minimum atomic E-state index is -0.478. The molecular formula is C23H22F2N4O2S. The van der Waals surface area contributed by atoms with Crippen LogP contribution in [0.5, 0.6) is 0 Å². The van der Waals surface area contributed by atoms with Crippen LogP contribution in [0.25, 0.3) is 11.4 Å². The average molecular weight is 457 g/mol. The minimum absolute atomic E-state index is 0.0623. The van der Waals surface area contributed by atoms with Gasteiger partial charge in [-0.3, -0.25) is 14.2 Å². The molecule has 2 aromatic carbocycles. The zero-order valence-electron chi connectivity index (χ0n) is 17.5. The zero-order valence-corrected chi connectivity index (χ0v) is 18.3. The maximum absolute atomic E-state index is 14.4. The number of aromatic nitrogens is 3. The van der Waals surface area contributed by atoms with Gasteiger partial charge in [0, 0.05) is 25.1 Å². The van der Waals surface area contributed by atoms with Gasteiger partial charge in [0.2, 0.25) is 5.91 Å². The number of hydrogen-bond acceptors (Lipinski definition) is 5. The van der Waals surface area contributed by atoms with Gasteiger partial charge in [0.1, 0.15) is 11.6 Å². The standard InChI is InChI=1S/C23H22F2N4O2S/c1-14(30)26-11-10-15-6-7-16(12-20(15)25)21(31)13-32-23-28-27-22(29(23)17-8-9-17)18-4-2-3-5-19(18)24/h2-7,12,17H,8-11,13H2,1H3,(H,26,30). The van der Waals surface area contributed by atoms with Crippen LogP contribution in [0.1, 0.15) is 41.7 Å². The lowest BCUT2D eigenvalue weighted by Crippen LogP contribution is -2.22. The van der Waals surface area contributed by atoms with Gasteiger partial charge in [0.05, 0.1) is 11.3 Å². The quantitative estimate of drug-likeness (QED) is 0.386. The third kappa shape index (κ3) is 5.04. The van der Waals surface area contributed by atoms with Crippen molar-refractivity contribution in [2.24, 2.45) is 0 Å². The second kappa shape index (κ2) is 9.60. The summed E-state index contributed by atoms with van der Waals surface area (Å²) < 4.78 is 30.5. The topological polar surface area (TPSA) is 76.9 Å². The maximum Gasteiger partial charge on any atom is 0.216 e. The van der Waals surface area contributed by atoms with Crippen LogP contribution < -0.4 is 5.32 Å². The maximum atomic E-state index is 14.4. The molecule has 4 rings (SSSR count). The Bertz CT molecular complexity index is 1160. The lowest BCUT2D eigenvalue weighted by Gasteiger charge is -2.09. The van der Waals surface area contributed by atoms with Gasteiger partial charge in [-0.15, -0.1) is 10.2 Å². The van der Waals surface area contributed by atoms with Crippen molar-refractivity contribution in [2.45, 2.75) is 37.4 Å². The van der Waals surface area contributed by atoms with Crippen molar-refractivity contribution in [2.75, 3.05) is 12.3 Å². The summed E-state index contributed by atoms with van der Waals surface area (Å²) in [7, 11) is 0. The first-order chi connectivity index (χ1) is 15.4. The Morgan fingerprint density at radius 1 is 1.12 bits per heavy atom. The number of thioether (sulfide) groups is 1. The predicted octanol–water partition coefficient (Wildman–Crippen LogP) is 4.21. The van der Waals surface area contributed by atoms with Crippen LogP contribution in [0.15, 0.2) is 47.6 Å². The number of benzene rings is 2. The number of carbonyl (C=O) groups is 2. The number of halogens is 2. The molecule has 1 saturated carbocycles. The molecule has 166 valence electrons. The van der Waals surface area contributed by atoms with Crippen LogP contribution in [-0.2, 0) is 11.2 Å². The highest BCUT2D eigenvalue weighted by molar-refractivity contribution is 7.99. The van der Waals surface area contributed by atoms with Crippen molar-refractivity contribution in [3.05, 3.63) is 65.2 Å². The summed E-state index contributed by atoms with van der Waals surface area (Å²) in [5.74, 6) is -0.744. The molecule has 1 heterocycles. The van der Waals surface area contributed by atoms with E-state index in [9.17, 15) is 18.4 Å². The zero-order chi connectivity index (χ0) is 22.7. The molecular weight excluding hydrogens is 434 g/mol. The smallest absolute Gasteiger partial charge is 0.216 e. The summed E-state index contributed by atoms with van der Waals surface area (Å²) in [6.45, 7) is 1.73. The Labute approximate surface area is 188 Å². The van der Waals surface area contributed by atoms with Crippen molar-refractivity contribution in [1.82, 2.24) is 20.1 Å². The van der Waals surface area contributed by atoms with Crippen LogP contribution in [0.3, 0.4) is 0 Å². The van der Waals surface area contributed by atoms with Gasteiger partial charge >= 0.3 is 0 Å². The molecule has 1 amide bonds. The molecule has 1 aliphatic carbocycles. The lowest BCUT2D eigenvalue weighted by molar-refractivity contribution is -0.118. The molecule has 32 heavy (non-hydrogen) atoms. The summed E-state index contributed by atoms with van der Waals surface area (Å²) in [6.07, 6.45) is 2.25. The number of nitrogens with zero attached hydrogens (tertiary/aromatic N) is 3. The van der Waals surface area contributed by atoms with E-state index in [-0.39, 0.29) is 34.9 Å². The molecule has 0 aliphatic heterocycles. The van der Waals surface area contributed by atoms with Gasteiger partial charge in [-0.05, 0) is 43.0 Å². The third-order valence-corrected chi connectivity index (χ3v) is 6.11. The molecule has 0 atom stereocenters. The molecule has 6 nitrogen and oxygen atoms in total. The van der Waals surface area contributed by atoms with Gasteiger partial charge in [-0.2, -0.15) is 0 Å². The third-order valence-electron chi connectivity index (χ3n) is 5.17. The van der Waals surface area contributed by atoms with Gasteiger partial charge in [-0.1, -0.05) is 36.0 Å². The minimum Gasteiger partial charge on any atom is -0.356 e. The van der Waals surface area contributed by atoms with Crippen LogP contribution in [-0.4, -0.2) is 38.8 Å². The number of ketones is 1. The van der Waals surface area contributed by atoms with E-state index in [4.69, 9.17) is 0 Å². The van der Waals surface area contributed by atoms with E-state index in [2.05, 4.69) is 15.5 Å². The van der Waals surface area contributed by atoms with Crippen LogP contribution in [0.2, 0.25) is 0 Å². The van der Waals surface area contributed by atoms with E-state index in [0.717, 1.165) is 12.8 Å². The number of rotatable bonds is 9. The first-order valence-electron chi connectivity index (χ1n) is 10.3. The van der Waals surface area contributed by atoms with Crippen LogP contribution in [0.4, 0.5) is 8.78 Å². The number of nitrogens with one attached hydrogen (secondary N) is 1. The van der Waals surface area contributed by atoms with Gasteiger partial charge < -0.3 is 5.32 Å². The first-order valence-corrected chi connectivity index (χ1v) is 11.3. The fourth-order valence-electron chi connectivity index (χ4n) is 3.37. The van der Waals surface area contributed by atoms with Gasteiger partial charge in [0.15, 0.2) is 16.8 Å². The van der Waals surface area contributed by atoms with Crippen molar-refractivity contribution in [3.8, 4) is 11.4 Å². The van der Waals surface area contributed by atoms with E-state index in [1.807, 2.05) is 4.57 Å². The summed E-state index contributed by atoms with van der Waals surface area (Å²) in [5, 5.41) is 11.5. The molecule has 1 fully saturated rings. The Hall–Kier alpha value is -3.07. The Balaban J connectivity index is 1.45. The van der Waals surface area contributed by atoms with E-state index >= 15 is 0 Å². The monoisotopic (exact) mass is 456 g/mol. The van der Waals surface area contributed by atoms with E-state index in [1.54, 1.807) is 30.3 Å². The number of carbonyl (C=O) groups excluding carboxylic acids is 2. The van der Waals surface area contributed by atoms with Gasteiger partial charge in [-0.25, -0.2) is 8.78 Å². The van der Waals surface area contributed by atoms with Crippen LogP contribution >= 0.6 is 11.8 Å². The molecule has 1 aromatic heterocycles. The normalized spacial score (nSPS) is 13.2. The lowest BCUT2D eigenvalue weighted by atomic mass is 10.1. The van der Waals surface area contributed by atoms with E-state index in [1.165, 1.54) is 30.8 Å². The largest absolute Gasteiger partial charge is 0.356 e. The molecule has 1 aliphatic rings. The van der Waals surface area contributed by atoms with Gasteiger partial charge in [0.25, 0.3) is 0 Å². The molecule has 0 bridgehead atoms. The summed E-state index contributed by atoms with van der Waals surface area (Å²) in [4.78, 5) is 23.6. The molecule has 0 unspecified atom stereocenters. The highest BCUT2D eigenvalue weighted by Crippen LogP contribution is 2.41. The fraction of sp³-hybridized carbons (Fsp3) is 0.304. The molecule has 0 saturated heterocycles. The molecule has 9 heteroatoms.